The zero-order chi connectivity index (χ0) is 15.1. The zero-order valence-corrected chi connectivity index (χ0v) is 13.1. The van der Waals surface area contributed by atoms with Crippen molar-refractivity contribution in [1.29, 1.82) is 0 Å². The fraction of sp³-hybridized carbons (Fsp3) is 0.643. The molecule has 0 bridgehead atoms. The molecular formula is C14H23N5OS. The number of thioether (sulfide) groups is 1. The number of rotatable bonds is 8. The molecule has 0 unspecified atom stereocenters. The molecule has 6 nitrogen and oxygen atoms in total. The molecule has 7 heteroatoms. The van der Waals surface area contributed by atoms with E-state index in [1.54, 1.807) is 0 Å². The van der Waals surface area contributed by atoms with Gasteiger partial charge in [0.2, 0.25) is 5.91 Å². The summed E-state index contributed by atoms with van der Waals surface area (Å²) in [5.74, 6) is 0.831. The molecule has 1 aromatic rings. The van der Waals surface area contributed by atoms with Gasteiger partial charge in [-0.3, -0.25) is 4.79 Å². The molecule has 0 aliphatic carbocycles. The van der Waals surface area contributed by atoms with Crippen molar-refractivity contribution in [3.05, 3.63) is 18.5 Å². The lowest BCUT2D eigenvalue weighted by molar-refractivity contribution is -0.115. The first-order chi connectivity index (χ1) is 10.2. The Balaban J connectivity index is 1.96. The van der Waals surface area contributed by atoms with Crippen molar-refractivity contribution in [1.82, 2.24) is 19.7 Å². The summed E-state index contributed by atoms with van der Waals surface area (Å²) in [5, 5.41) is 9.17. The first-order valence-corrected chi connectivity index (χ1v) is 8.35. The first-order valence-electron chi connectivity index (χ1n) is 7.37. The smallest absolute Gasteiger partial charge is 0.227 e. The fourth-order valence-corrected chi connectivity index (χ4v) is 3.21. The van der Waals surface area contributed by atoms with Crippen LogP contribution in [-0.2, 0) is 17.8 Å². The van der Waals surface area contributed by atoms with E-state index in [0.29, 0.717) is 6.54 Å². The van der Waals surface area contributed by atoms with Crippen LogP contribution >= 0.6 is 11.8 Å². The van der Waals surface area contributed by atoms with Gasteiger partial charge < -0.3 is 15.2 Å². The highest BCUT2D eigenvalue weighted by atomic mass is 32.2. The maximum absolute atomic E-state index is 10.9. The predicted molar refractivity (Wildman–Crippen MR) is 84.1 cm³/mol. The van der Waals surface area contributed by atoms with Crippen LogP contribution in [0.5, 0.6) is 0 Å². The van der Waals surface area contributed by atoms with Crippen LogP contribution in [0.1, 0.15) is 25.1 Å². The van der Waals surface area contributed by atoms with E-state index in [-0.39, 0.29) is 11.7 Å². The topological polar surface area (TPSA) is 77.0 Å². The fourth-order valence-electron chi connectivity index (χ4n) is 2.50. The molecule has 0 atom stereocenters. The molecular weight excluding hydrogens is 286 g/mol. The Hall–Kier alpha value is -1.34. The number of allylic oxidation sites excluding steroid dienone is 1. The van der Waals surface area contributed by atoms with E-state index in [1.165, 1.54) is 44.1 Å². The lowest BCUT2D eigenvalue weighted by Gasteiger charge is -2.26. The van der Waals surface area contributed by atoms with Crippen LogP contribution in [0.3, 0.4) is 0 Å². The van der Waals surface area contributed by atoms with E-state index < -0.39 is 0 Å². The largest absolute Gasteiger partial charge is 0.369 e. The summed E-state index contributed by atoms with van der Waals surface area (Å²) < 4.78 is 2.02. The number of aromatic nitrogens is 3. The lowest BCUT2D eigenvalue weighted by Crippen LogP contribution is -2.32. The summed E-state index contributed by atoms with van der Waals surface area (Å²) in [5.41, 5.74) is 5.18. The van der Waals surface area contributed by atoms with Gasteiger partial charge in [0.05, 0.1) is 5.75 Å². The van der Waals surface area contributed by atoms with Crippen LogP contribution < -0.4 is 5.73 Å². The highest BCUT2D eigenvalue weighted by Gasteiger charge is 2.15. The maximum Gasteiger partial charge on any atom is 0.227 e. The number of primary amides is 1. The normalized spacial score (nSPS) is 16.0. The van der Waals surface area contributed by atoms with Crippen LogP contribution in [0.4, 0.5) is 0 Å². The third-order valence-electron chi connectivity index (χ3n) is 3.55. The molecule has 2 heterocycles. The monoisotopic (exact) mass is 309 g/mol. The lowest BCUT2D eigenvalue weighted by atomic mass is 10.1. The molecule has 1 aliphatic rings. The summed E-state index contributed by atoms with van der Waals surface area (Å²) >= 11 is 1.33. The van der Waals surface area contributed by atoms with Gasteiger partial charge >= 0.3 is 0 Å². The van der Waals surface area contributed by atoms with Gasteiger partial charge in [-0.15, -0.1) is 16.8 Å². The number of piperidine rings is 1. The summed E-state index contributed by atoms with van der Waals surface area (Å²) in [6.45, 7) is 7.80. The van der Waals surface area contributed by atoms with E-state index in [4.69, 9.17) is 5.73 Å². The second kappa shape index (κ2) is 8.19. The molecule has 0 spiro atoms. The van der Waals surface area contributed by atoms with Crippen LogP contribution in [0.2, 0.25) is 0 Å². The number of likely N-dealkylation sites (tertiary alicyclic amines) is 1. The molecule has 1 amide bonds. The Bertz CT molecular complexity index is 482. The summed E-state index contributed by atoms with van der Waals surface area (Å²) in [7, 11) is 0. The van der Waals surface area contributed by atoms with E-state index in [2.05, 4.69) is 21.7 Å². The highest BCUT2D eigenvalue weighted by Crippen LogP contribution is 2.17. The minimum Gasteiger partial charge on any atom is -0.369 e. The van der Waals surface area contributed by atoms with E-state index in [9.17, 15) is 4.79 Å². The number of amides is 1. The van der Waals surface area contributed by atoms with E-state index >= 15 is 0 Å². The van der Waals surface area contributed by atoms with Gasteiger partial charge in [-0.1, -0.05) is 24.3 Å². The molecule has 1 saturated heterocycles. The van der Waals surface area contributed by atoms with Crippen molar-refractivity contribution in [2.75, 3.05) is 25.4 Å². The van der Waals surface area contributed by atoms with Gasteiger partial charge in [-0.05, 0) is 25.9 Å². The second-order valence-corrected chi connectivity index (χ2v) is 6.15. The highest BCUT2D eigenvalue weighted by molar-refractivity contribution is 7.99. The standard InChI is InChI=1S/C14H23N5OS/c1-2-7-19-13(6-10-18-8-4-3-5-9-18)16-17-14(19)21-11-12(15)20/h2H,1,3-11H2,(H2,15,20). The SMILES string of the molecule is C=CCn1c(CCN2CCCCC2)nnc1SCC(N)=O. The minimum absolute atomic E-state index is 0.224. The molecule has 0 saturated carbocycles. The minimum atomic E-state index is -0.344. The predicted octanol–water partition coefficient (Wildman–Crippen LogP) is 1.07. The molecule has 21 heavy (non-hydrogen) atoms. The van der Waals surface area contributed by atoms with Crippen LogP contribution in [0.15, 0.2) is 17.8 Å². The molecule has 2 rings (SSSR count). The van der Waals surface area contributed by atoms with Gasteiger partial charge in [0, 0.05) is 19.5 Å². The average Bonchev–Trinajstić information content (AvgIpc) is 2.87. The number of hydrogen-bond acceptors (Lipinski definition) is 5. The average molecular weight is 309 g/mol. The molecule has 1 aromatic heterocycles. The van der Waals surface area contributed by atoms with Crippen LogP contribution in [0, 0.1) is 0 Å². The van der Waals surface area contributed by atoms with Gasteiger partial charge in [-0.25, -0.2) is 0 Å². The van der Waals surface area contributed by atoms with Crippen molar-refractivity contribution in [2.45, 2.75) is 37.4 Å². The van der Waals surface area contributed by atoms with Gasteiger partial charge in [-0.2, -0.15) is 0 Å². The van der Waals surface area contributed by atoms with E-state index in [1.807, 2.05) is 10.6 Å². The third-order valence-corrected chi connectivity index (χ3v) is 4.54. The molecule has 2 N–H and O–H groups in total. The van der Waals surface area contributed by atoms with Crippen molar-refractivity contribution in [3.8, 4) is 0 Å². The van der Waals surface area contributed by atoms with Gasteiger partial charge in [0.25, 0.3) is 0 Å². The Morgan fingerprint density at radius 3 is 2.76 bits per heavy atom. The summed E-state index contributed by atoms with van der Waals surface area (Å²) in [6.07, 6.45) is 6.62. The second-order valence-electron chi connectivity index (χ2n) is 5.21. The Morgan fingerprint density at radius 2 is 2.10 bits per heavy atom. The number of nitrogens with zero attached hydrogens (tertiary/aromatic N) is 4. The Morgan fingerprint density at radius 1 is 1.33 bits per heavy atom. The molecule has 1 fully saturated rings. The van der Waals surface area contributed by atoms with Crippen molar-refractivity contribution in [3.63, 3.8) is 0 Å². The molecule has 1 aliphatic heterocycles. The Kier molecular flexibility index (Phi) is 6.25. The van der Waals surface area contributed by atoms with Crippen LogP contribution in [0.25, 0.3) is 0 Å². The Labute approximate surface area is 129 Å². The zero-order valence-electron chi connectivity index (χ0n) is 12.3. The van der Waals surface area contributed by atoms with Gasteiger partial charge in [0.15, 0.2) is 5.16 Å². The van der Waals surface area contributed by atoms with Crippen molar-refractivity contribution in [2.24, 2.45) is 5.73 Å². The number of carbonyl (C=O) groups is 1. The third kappa shape index (κ3) is 4.86. The van der Waals surface area contributed by atoms with Crippen LogP contribution in [-0.4, -0.2) is 51.0 Å². The summed E-state index contributed by atoms with van der Waals surface area (Å²) in [4.78, 5) is 13.4. The maximum atomic E-state index is 10.9. The molecule has 0 aromatic carbocycles. The number of nitrogens with two attached hydrogens (primary N) is 1. The quantitative estimate of drug-likeness (QED) is 0.574. The van der Waals surface area contributed by atoms with Crippen molar-refractivity contribution < 1.29 is 4.79 Å². The van der Waals surface area contributed by atoms with Crippen molar-refractivity contribution >= 4 is 17.7 Å². The first kappa shape index (κ1) is 16.0. The molecule has 0 radical (unpaired) electrons. The number of hydrogen-bond donors (Lipinski definition) is 1. The molecule has 116 valence electrons. The van der Waals surface area contributed by atoms with Gasteiger partial charge in [0.1, 0.15) is 5.82 Å². The summed E-state index contributed by atoms with van der Waals surface area (Å²) in [6, 6.07) is 0. The number of carbonyl (C=O) groups excluding carboxylic acids is 1. The van der Waals surface area contributed by atoms with E-state index in [0.717, 1.165) is 23.9 Å².